The van der Waals surface area contributed by atoms with Crippen LogP contribution in [0.3, 0.4) is 0 Å². The molecule has 2 aliphatic carbocycles. The molecule has 2 bridgehead atoms. The van der Waals surface area contributed by atoms with Gasteiger partial charge in [0.25, 0.3) is 0 Å². The highest BCUT2D eigenvalue weighted by Gasteiger charge is 2.42. The molecule has 1 aromatic carbocycles. The van der Waals surface area contributed by atoms with E-state index >= 15 is 0 Å². The number of nitriles is 1. The van der Waals surface area contributed by atoms with E-state index in [9.17, 15) is 0 Å². The van der Waals surface area contributed by atoms with Crippen LogP contribution in [-0.2, 0) is 6.54 Å². The number of imidazole rings is 1. The van der Waals surface area contributed by atoms with Crippen LogP contribution in [0.1, 0.15) is 49.9 Å². The first kappa shape index (κ1) is 12.0. The number of hydrogen-bond acceptors (Lipinski definition) is 2. The van der Waals surface area contributed by atoms with Crippen molar-refractivity contribution in [3.63, 3.8) is 0 Å². The molecule has 2 saturated carbocycles. The Kier molecular flexibility index (Phi) is 2.60. The van der Waals surface area contributed by atoms with E-state index in [-0.39, 0.29) is 0 Å². The number of benzene rings is 1. The quantitative estimate of drug-likeness (QED) is 0.828. The van der Waals surface area contributed by atoms with E-state index in [1.165, 1.54) is 37.0 Å². The summed E-state index contributed by atoms with van der Waals surface area (Å²) in [4.78, 5) is 4.90. The molecule has 102 valence electrons. The number of nitrogens with zero attached hydrogens (tertiary/aromatic N) is 3. The van der Waals surface area contributed by atoms with Crippen LogP contribution in [0.5, 0.6) is 0 Å². The molecule has 3 atom stereocenters. The van der Waals surface area contributed by atoms with Crippen molar-refractivity contribution in [1.82, 2.24) is 9.55 Å². The zero-order chi connectivity index (χ0) is 13.7. The molecule has 0 radical (unpaired) electrons. The number of hydrogen-bond donors (Lipinski definition) is 0. The molecule has 1 aromatic heterocycles. The third-order valence-electron chi connectivity index (χ3n) is 5.29. The normalized spacial score (nSPS) is 28.1. The molecular weight excluding hydrogens is 246 g/mol. The Morgan fingerprint density at radius 1 is 1.35 bits per heavy atom. The van der Waals surface area contributed by atoms with Crippen molar-refractivity contribution in [2.45, 2.75) is 45.1 Å². The highest BCUT2D eigenvalue weighted by molar-refractivity contribution is 5.78. The predicted octanol–water partition coefficient (Wildman–Crippen LogP) is 3.83. The maximum Gasteiger partial charge on any atom is 0.113 e. The third-order valence-corrected chi connectivity index (χ3v) is 5.29. The second-order valence-electron chi connectivity index (χ2n) is 6.31. The van der Waals surface area contributed by atoms with Gasteiger partial charge < -0.3 is 4.57 Å². The summed E-state index contributed by atoms with van der Waals surface area (Å²) in [6, 6.07) is 8.10. The number of aryl methyl sites for hydroxylation is 1. The smallest absolute Gasteiger partial charge is 0.113 e. The fourth-order valence-corrected chi connectivity index (χ4v) is 4.39. The Bertz CT molecular complexity index is 707. The van der Waals surface area contributed by atoms with E-state index in [2.05, 4.69) is 23.6 Å². The van der Waals surface area contributed by atoms with Gasteiger partial charge in [-0.05, 0) is 56.2 Å². The lowest BCUT2D eigenvalue weighted by Crippen LogP contribution is -2.14. The van der Waals surface area contributed by atoms with Crippen molar-refractivity contribution in [3.05, 3.63) is 29.6 Å². The van der Waals surface area contributed by atoms with Crippen molar-refractivity contribution >= 4 is 11.0 Å². The maximum absolute atomic E-state index is 9.04. The van der Waals surface area contributed by atoms with Gasteiger partial charge in [-0.25, -0.2) is 4.98 Å². The van der Waals surface area contributed by atoms with Gasteiger partial charge in [0, 0.05) is 12.5 Å². The minimum Gasteiger partial charge on any atom is -0.328 e. The SMILES string of the molecule is CCn1c(C2CC3CCC2C3)nc2cc(C#N)ccc21. The van der Waals surface area contributed by atoms with Gasteiger partial charge in [0.15, 0.2) is 0 Å². The van der Waals surface area contributed by atoms with Crippen LogP contribution in [0.2, 0.25) is 0 Å². The van der Waals surface area contributed by atoms with E-state index in [1.807, 2.05) is 12.1 Å². The predicted molar refractivity (Wildman–Crippen MR) is 78.3 cm³/mol. The number of rotatable bonds is 2. The van der Waals surface area contributed by atoms with Gasteiger partial charge >= 0.3 is 0 Å². The summed E-state index contributed by atoms with van der Waals surface area (Å²) in [6.45, 7) is 3.15. The van der Waals surface area contributed by atoms with Crippen LogP contribution in [-0.4, -0.2) is 9.55 Å². The summed E-state index contributed by atoms with van der Waals surface area (Å²) in [5.41, 5.74) is 2.88. The van der Waals surface area contributed by atoms with Gasteiger partial charge in [-0.2, -0.15) is 5.26 Å². The molecule has 20 heavy (non-hydrogen) atoms. The summed E-state index contributed by atoms with van der Waals surface area (Å²) < 4.78 is 2.36. The van der Waals surface area contributed by atoms with E-state index in [1.54, 1.807) is 0 Å². The van der Waals surface area contributed by atoms with Crippen molar-refractivity contribution in [3.8, 4) is 6.07 Å². The first-order valence-electron chi connectivity index (χ1n) is 7.70. The van der Waals surface area contributed by atoms with E-state index < -0.39 is 0 Å². The van der Waals surface area contributed by atoms with Crippen molar-refractivity contribution in [2.75, 3.05) is 0 Å². The molecule has 3 unspecified atom stereocenters. The minimum absolute atomic E-state index is 0.645. The molecule has 1 heterocycles. The molecule has 3 nitrogen and oxygen atoms in total. The fraction of sp³-hybridized carbons (Fsp3) is 0.529. The molecular formula is C17H19N3. The van der Waals surface area contributed by atoms with E-state index in [0.717, 1.165) is 23.9 Å². The molecule has 3 heteroatoms. The summed E-state index contributed by atoms with van der Waals surface area (Å²) >= 11 is 0. The van der Waals surface area contributed by atoms with E-state index in [4.69, 9.17) is 10.2 Å². The molecule has 0 amide bonds. The largest absolute Gasteiger partial charge is 0.328 e. The molecule has 0 spiro atoms. The van der Waals surface area contributed by atoms with Gasteiger partial charge in [0.2, 0.25) is 0 Å². The topological polar surface area (TPSA) is 41.6 Å². The minimum atomic E-state index is 0.645. The van der Waals surface area contributed by atoms with Gasteiger partial charge in [0.1, 0.15) is 5.82 Å². The Labute approximate surface area is 119 Å². The van der Waals surface area contributed by atoms with Gasteiger partial charge in [-0.1, -0.05) is 6.42 Å². The molecule has 2 fully saturated rings. The Morgan fingerprint density at radius 3 is 2.90 bits per heavy atom. The average Bonchev–Trinajstić information content (AvgIpc) is 3.18. The average molecular weight is 265 g/mol. The highest BCUT2D eigenvalue weighted by atomic mass is 15.1. The van der Waals surface area contributed by atoms with Crippen LogP contribution in [0.15, 0.2) is 18.2 Å². The van der Waals surface area contributed by atoms with Crippen LogP contribution in [0.4, 0.5) is 0 Å². The first-order valence-corrected chi connectivity index (χ1v) is 7.70. The third kappa shape index (κ3) is 1.61. The molecule has 0 saturated heterocycles. The zero-order valence-corrected chi connectivity index (χ0v) is 11.8. The second-order valence-corrected chi connectivity index (χ2v) is 6.31. The lowest BCUT2D eigenvalue weighted by molar-refractivity contribution is 0.396. The number of fused-ring (bicyclic) bond motifs is 3. The highest BCUT2D eigenvalue weighted by Crippen LogP contribution is 2.52. The van der Waals surface area contributed by atoms with Crippen molar-refractivity contribution in [2.24, 2.45) is 11.8 Å². The van der Waals surface area contributed by atoms with Crippen LogP contribution in [0, 0.1) is 23.2 Å². The summed E-state index contributed by atoms with van der Waals surface area (Å²) in [5, 5.41) is 9.04. The van der Waals surface area contributed by atoms with Crippen LogP contribution in [0.25, 0.3) is 11.0 Å². The Morgan fingerprint density at radius 2 is 2.25 bits per heavy atom. The maximum atomic E-state index is 9.04. The monoisotopic (exact) mass is 265 g/mol. The summed E-state index contributed by atoms with van der Waals surface area (Å²) in [6.07, 6.45) is 5.53. The molecule has 2 aliphatic rings. The lowest BCUT2D eigenvalue weighted by Gasteiger charge is -2.21. The van der Waals surface area contributed by atoms with Crippen molar-refractivity contribution in [1.29, 1.82) is 5.26 Å². The number of aromatic nitrogens is 2. The molecule has 0 N–H and O–H groups in total. The first-order chi connectivity index (χ1) is 9.80. The van der Waals surface area contributed by atoms with Gasteiger partial charge in [0.05, 0.1) is 22.7 Å². The van der Waals surface area contributed by atoms with Gasteiger partial charge in [-0.15, -0.1) is 0 Å². The zero-order valence-electron chi connectivity index (χ0n) is 11.8. The molecule has 4 rings (SSSR count). The molecule has 0 aliphatic heterocycles. The van der Waals surface area contributed by atoms with E-state index in [0.29, 0.717) is 11.5 Å². The van der Waals surface area contributed by atoms with Crippen LogP contribution < -0.4 is 0 Å². The van der Waals surface area contributed by atoms with Crippen molar-refractivity contribution < 1.29 is 0 Å². The van der Waals surface area contributed by atoms with Crippen LogP contribution >= 0.6 is 0 Å². The Hall–Kier alpha value is -1.82. The molecule has 2 aromatic rings. The Balaban J connectivity index is 1.84. The summed E-state index contributed by atoms with van der Waals surface area (Å²) in [5.74, 6) is 3.69. The van der Waals surface area contributed by atoms with Gasteiger partial charge in [-0.3, -0.25) is 0 Å². The lowest BCUT2D eigenvalue weighted by atomic mass is 9.88. The second kappa shape index (κ2) is 4.34. The fourth-order valence-electron chi connectivity index (χ4n) is 4.39. The standard InChI is InChI=1S/C17H19N3/c1-2-20-16-6-4-12(10-18)9-15(16)19-17(20)14-8-11-3-5-13(14)7-11/h4,6,9,11,13-14H,2-3,5,7-8H2,1H3. The summed E-state index contributed by atoms with van der Waals surface area (Å²) in [7, 11) is 0.